The minimum Gasteiger partial charge on any atom is -0.459 e. The first-order chi connectivity index (χ1) is 8.27. The van der Waals surface area contributed by atoms with E-state index in [4.69, 9.17) is 4.74 Å². The van der Waals surface area contributed by atoms with Gasteiger partial charge in [-0.05, 0) is 36.4 Å². The van der Waals surface area contributed by atoms with Crippen LogP contribution >= 0.6 is 0 Å². The van der Waals surface area contributed by atoms with Crippen LogP contribution in [-0.2, 0) is 9.53 Å². The second kappa shape index (κ2) is 3.66. The Morgan fingerprint density at radius 2 is 2.06 bits per heavy atom. The van der Waals surface area contributed by atoms with Gasteiger partial charge in [-0.1, -0.05) is 6.07 Å². The van der Waals surface area contributed by atoms with Crippen LogP contribution in [0.5, 0.6) is 0 Å². The molecule has 0 amide bonds. The number of carbonyl (C=O) groups excluding carboxylic acids is 1. The molecule has 0 fully saturated rings. The summed E-state index contributed by atoms with van der Waals surface area (Å²) in [5, 5.41) is 0. The Balaban J connectivity index is 1.84. The second-order valence-electron chi connectivity index (χ2n) is 3.96. The van der Waals surface area contributed by atoms with Crippen LogP contribution in [0.3, 0.4) is 0 Å². The van der Waals surface area contributed by atoms with E-state index in [0.29, 0.717) is 18.1 Å². The average Bonchev–Trinajstić information content (AvgIpc) is 2.79. The predicted molar refractivity (Wildman–Crippen MR) is 62.7 cm³/mol. The summed E-state index contributed by atoms with van der Waals surface area (Å²) in [6.07, 6.45) is 8.21. The van der Waals surface area contributed by atoms with Crippen LogP contribution < -0.4 is 0 Å². The van der Waals surface area contributed by atoms with Gasteiger partial charge in [-0.25, -0.2) is 4.99 Å². The number of hydrogen-bond donors (Lipinski definition) is 0. The summed E-state index contributed by atoms with van der Waals surface area (Å²) >= 11 is 0. The lowest BCUT2D eigenvalue weighted by atomic mass is 9.98. The van der Waals surface area contributed by atoms with Gasteiger partial charge >= 0.3 is 0 Å². The Morgan fingerprint density at radius 3 is 2.76 bits per heavy atom. The first kappa shape index (κ1) is 9.96. The first-order valence-corrected chi connectivity index (χ1v) is 5.35. The fraction of sp³-hybridized carbons (Fsp3) is 0.154. The fourth-order valence-electron chi connectivity index (χ4n) is 1.79. The molecule has 0 unspecified atom stereocenters. The molecule has 3 rings (SSSR count). The number of rotatable bonds is 1. The minimum absolute atomic E-state index is 0.0227. The lowest BCUT2D eigenvalue weighted by Gasteiger charge is -2.22. The van der Waals surface area contributed by atoms with E-state index in [-0.39, 0.29) is 5.78 Å². The molecule has 1 spiro atoms. The number of hydrogen-bond acceptors (Lipinski definition) is 4. The highest BCUT2D eigenvalue weighted by Crippen LogP contribution is 2.26. The van der Waals surface area contributed by atoms with E-state index in [1.807, 2.05) is 18.2 Å². The largest absolute Gasteiger partial charge is 0.459 e. The summed E-state index contributed by atoms with van der Waals surface area (Å²) in [6.45, 7) is 0.485. The van der Waals surface area contributed by atoms with Crippen molar-refractivity contribution in [2.75, 3.05) is 6.54 Å². The van der Waals surface area contributed by atoms with E-state index in [1.165, 1.54) is 12.2 Å². The quantitative estimate of drug-likeness (QED) is 0.725. The lowest BCUT2D eigenvalue weighted by Crippen LogP contribution is -2.30. The van der Waals surface area contributed by atoms with Gasteiger partial charge in [0.15, 0.2) is 11.4 Å². The molecule has 1 aliphatic carbocycles. The number of aromatic nitrogens is 1. The Hall–Kier alpha value is -2.23. The van der Waals surface area contributed by atoms with Crippen LogP contribution in [-0.4, -0.2) is 28.8 Å². The second-order valence-corrected chi connectivity index (χ2v) is 3.96. The maximum Gasteiger partial charge on any atom is 0.236 e. The molecule has 0 saturated heterocycles. The van der Waals surface area contributed by atoms with Gasteiger partial charge in [-0.15, -0.1) is 0 Å². The summed E-state index contributed by atoms with van der Waals surface area (Å²) in [4.78, 5) is 19.6. The molecule has 17 heavy (non-hydrogen) atoms. The van der Waals surface area contributed by atoms with Crippen molar-refractivity contribution < 1.29 is 9.53 Å². The van der Waals surface area contributed by atoms with Crippen LogP contribution in [0.4, 0.5) is 0 Å². The van der Waals surface area contributed by atoms with Gasteiger partial charge in [-0.2, -0.15) is 0 Å². The molecule has 1 aromatic rings. The third-order valence-corrected chi connectivity index (χ3v) is 2.70. The molecule has 1 aromatic heterocycles. The van der Waals surface area contributed by atoms with Crippen molar-refractivity contribution in [1.29, 1.82) is 0 Å². The highest BCUT2D eigenvalue weighted by Gasteiger charge is 2.35. The van der Waals surface area contributed by atoms with Gasteiger partial charge in [0, 0.05) is 6.20 Å². The van der Waals surface area contributed by atoms with E-state index in [1.54, 1.807) is 18.3 Å². The van der Waals surface area contributed by atoms with Crippen LogP contribution in [0.2, 0.25) is 0 Å². The summed E-state index contributed by atoms with van der Waals surface area (Å²) in [6, 6.07) is 5.57. The zero-order valence-electron chi connectivity index (χ0n) is 9.04. The number of ether oxygens (including phenoxy) is 1. The molecule has 0 radical (unpaired) electrons. The van der Waals surface area contributed by atoms with E-state index in [0.717, 1.165) is 0 Å². The Labute approximate surface area is 98.4 Å². The summed E-state index contributed by atoms with van der Waals surface area (Å²) in [7, 11) is 0. The van der Waals surface area contributed by atoms with Crippen LogP contribution in [0, 0.1) is 0 Å². The van der Waals surface area contributed by atoms with Crippen LogP contribution in [0.1, 0.15) is 5.69 Å². The van der Waals surface area contributed by atoms with Crippen molar-refractivity contribution >= 4 is 11.7 Å². The summed E-state index contributed by atoms with van der Waals surface area (Å²) in [5.41, 5.74) is 0.115. The Kier molecular flexibility index (Phi) is 2.14. The highest BCUT2D eigenvalue weighted by atomic mass is 16.5. The fourth-order valence-corrected chi connectivity index (χ4v) is 1.79. The molecule has 84 valence electrons. The van der Waals surface area contributed by atoms with Gasteiger partial charge in [0.1, 0.15) is 5.69 Å². The molecule has 0 N–H and O–H groups in total. The topological polar surface area (TPSA) is 51.5 Å². The average molecular weight is 226 g/mol. The number of aliphatic imine (C=N–C) groups is 1. The molecule has 2 heterocycles. The zero-order chi connectivity index (χ0) is 11.7. The van der Waals surface area contributed by atoms with Crippen LogP contribution in [0.25, 0.3) is 0 Å². The number of nitrogens with zero attached hydrogens (tertiary/aromatic N) is 2. The van der Waals surface area contributed by atoms with E-state index >= 15 is 0 Å². The van der Waals surface area contributed by atoms with E-state index in [9.17, 15) is 4.79 Å². The third-order valence-electron chi connectivity index (χ3n) is 2.70. The maximum atomic E-state index is 11.1. The molecular formula is C13H10N2O2. The normalized spacial score (nSPS) is 20.5. The molecule has 0 atom stereocenters. The SMILES string of the molecule is O=C1C=CC2(C=C1)CN=C(c1ccccn1)O2. The van der Waals surface area contributed by atoms with E-state index in [2.05, 4.69) is 9.98 Å². The van der Waals surface area contributed by atoms with Crippen molar-refractivity contribution in [3.8, 4) is 0 Å². The first-order valence-electron chi connectivity index (χ1n) is 5.35. The highest BCUT2D eigenvalue weighted by molar-refractivity contribution is 6.01. The predicted octanol–water partition coefficient (Wildman–Crippen LogP) is 1.29. The van der Waals surface area contributed by atoms with Crippen molar-refractivity contribution in [2.24, 2.45) is 4.99 Å². The Bertz CT molecular complexity index is 528. The maximum absolute atomic E-state index is 11.1. The molecule has 0 bridgehead atoms. The summed E-state index contributed by atoms with van der Waals surface area (Å²) in [5.74, 6) is 0.500. The molecule has 0 aromatic carbocycles. The molecule has 0 saturated carbocycles. The number of pyridine rings is 1. The van der Waals surface area contributed by atoms with E-state index < -0.39 is 5.60 Å². The van der Waals surface area contributed by atoms with Crippen molar-refractivity contribution in [3.05, 3.63) is 54.4 Å². The van der Waals surface area contributed by atoms with Crippen molar-refractivity contribution in [2.45, 2.75) is 5.60 Å². The van der Waals surface area contributed by atoms with Gasteiger partial charge in [0.25, 0.3) is 0 Å². The standard InChI is InChI=1S/C13H10N2O2/c16-10-4-6-13(7-5-10)9-15-12(17-13)11-3-1-2-8-14-11/h1-8H,9H2. The van der Waals surface area contributed by atoms with Gasteiger partial charge in [-0.3, -0.25) is 9.78 Å². The van der Waals surface area contributed by atoms with Crippen molar-refractivity contribution in [1.82, 2.24) is 4.98 Å². The number of carbonyl (C=O) groups is 1. The monoisotopic (exact) mass is 226 g/mol. The number of ketones is 1. The van der Waals surface area contributed by atoms with Gasteiger partial charge in [0.2, 0.25) is 5.90 Å². The molecule has 2 aliphatic rings. The summed E-state index contributed by atoms with van der Waals surface area (Å²) < 4.78 is 5.79. The lowest BCUT2D eigenvalue weighted by molar-refractivity contribution is -0.110. The van der Waals surface area contributed by atoms with Gasteiger partial charge in [0.05, 0.1) is 6.54 Å². The molecule has 4 nitrogen and oxygen atoms in total. The zero-order valence-corrected chi connectivity index (χ0v) is 9.04. The number of allylic oxidation sites excluding steroid dienone is 2. The van der Waals surface area contributed by atoms with Gasteiger partial charge < -0.3 is 4.74 Å². The minimum atomic E-state index is -0.596. The molecule has 1 aliphatic heterocycles. The third kappa shape index (κ3) is 1.78. The smallest absolute Gasteiger partial charge is 0.236 e. The molecular weight excluding hydrogens is 216 g/mol. The van der Waals surface area contributed by atoms with Crippen LogP contribution in [0.15, 0.2) is 53.7 Å². The van der Waals surface area contributed by atoms with Crippen molar-refractivity contribution in [3.63, 3.8) is 0 Å². The molecule has 4 heteroatoms. The Morgan fingerprint density at radius 1 is 1.24 bits per heavy atom.